The van der Waals surface area contributed by atoms with Gasteiger partial charge in [0.1, 0.15) is 5.69 Å². The number of hydrogen-bond donors (Lipinski definition) is 2. The molecular weight excluding hydrogens is 290 g/mol. The molecule has 2 heterocycles. The summed E-state index contributed by atoms with van der Waals surface area (Å²) in [5, 5.41) is 5.45. The number of carbonyl (C=O) groups excluding carboxylic acids is 1. The van der Waals surface area contributed by atoms with Gasteiger partial charge in [-0.05, 0) is 18.7 Å². The molecular formula is C11H12ClN3OS2. The molecule has 2 aromatic heterocycles. The zero-order valence-electron chi connectivity index (χ0n) is 9.48. The minimum Gasteiger partial charge on any atom is -0.346 e. The Hall–Kier alpha value is -0.950. The van der Waals surface area contributed by atoms with Gasteiger partial charge in [0.15, 0.2) is 0 Å². The van der Waals surface area contributed by atoms with Gasteiger partial charge in [0, 0.05) is 16.7 Å². The van der Waals surface area contributed by atoms with Crippen LogP contribution < -0.4 is 11.1 Å². The van der Waals surface area contributed by atoms with E-state index in [9.17, 15) is 4.79 Å². The Bertz CT molecular complexity index is 538. The lowest BCUT2D eigenvalue weighted by Gasteiger charge is -2.00. The maximum absolute atomic E-state index is 11.8. The average molecular weight is 302 g/mol. The van der Waals surface area contributed by atoms with Crippen molar-refractivity contribution in [1.82, 2.24) is 10.3 Å². The summed E-state index contributed by atoms with van der Waals surface area (Å²) in [5.41, 5.74) is 5.89. The smallest absolute Gasteiger partial charge is 0.271 e. The van der Waals surface area contributed by atoms with Gasteiger partial charge < -0.3 is 11.1 Å². The van der Waals surface area contributed by atoms with Gasteiger partial charge in [-0.15, -0.1) is 22.7 Å². The Morgan fingerprint density at radius 3 is 3.00 bits per heavy atom. The Morgan fingerprint density at radius 1 is 1.50 bits per heavy atom. The largest absolute Gasteiger partial charge is 0.346 e. The zero-order chi connectivity index (χ0) is 13.0. The summed E-state index contributed by atoms with van der Waals surface area (Å²) >= 11 is 8.73. The Labute approximate surface area is 118 Å². The quantitative estimate of drug-likeness (QED) is 0.890. The number of hydrogen-bond acceptors (Lipinski definition) is 5. The van der Waals surface area contributed by atoms with Gasteiger partial charge in [-0.25, -0.2) is 4.98 Å². The van der Waals surface area contributed by atoms with Crippen molar-refractivity contribution >= 4 is 40.2 Å². The van der Waals surface area contributed by atoms with E-state index in [2.05, 4.69) is 10.3 Å². The van der Waals surface area contributed by atoms with Crippen molar-refractivity contribution in [3.63, 3.8) is 0 Å². The predicted molar refractivity (Wildman–Crippen MR) is 75.4 cm³/mol. The van der Waals surface area contributed by atoms with E-state index < -0.39 is 0 Å². The number of thiophene rings is 1. The van der Waals surface area contributed by atoms with Crippen molar-refractivity contribution in [3.8, 4) is 0 Å². The first-order valence-corrected chi connectivity index (χ1v) is 7.43. The minimum absolute atomic E-state index is 0.168. The maximum atomic E-state index is 11.8. The maximum Gasteiger partial charge on any atom is 0.271 e. The molecule has 0 aromatic carbocycles. The summed E-state index contributed by atoms with van der Waals surface area (Å²) in [4.78, 5) is 17.1. The van der Waals surface area contributed by atoms with Gasteiger partial charge in [-0.1, -0.05) is 11.6 Å². The number of thiazole rings is 1. The van der Waals surface area contributed by atoms with Gasteiger partial charge in [0.2, 0.25) is 0 Å². The van der Waals surface area contributed by atoms with Crippen molar-refractivity contribution in [2.24, 2.45) is 5.73 Å². The molecule has 0 bridgehead atoms. The van der Waals surface area contributed by atoms with E-state index in [0.717, 1.165) is 14.2 Å². The summed E-state index contributed by atoms with van der Waals surface area (Å²) in [6.07, 6.45) is 0.707. The molecule has 3 N–H and O–H groups in total. The molecule has 0 fully saturated rings. The third-order valence-corrected chi connectivity index (χ3v) is 4.33. The molecule has 0 saturated carbocycles. The van der Waals surface area contributed by atoms with Crippen LogP contribution in [0.2, 0.25) is 4.34 Å². The summed E-state index contributed by atoms with van der Waals surface area (Å²) < 4.78 is 0.720. The molecule has 0 unspecified atom stereocenters. The van der Waals surface area contributed by atoms with Crippen LogP contribution in [0, 0.1) is 0 Å². The summed E-state index contributed by atoms with van der Waals surface area (Å²) in [6.45, 7) is 1.02. The van der Waals surface area contributed by atoms with Crippen molar-refractivity contribution in [3.05, 3.63) is 37.4 Å². The van der Waals surface area contributed by atoms with Crippen LogP contribution >= 0.6 is 34.3 Å². The fraction of sp³-hybridized carbons (Fsp3) is 0.273. The van der Waals surface area contributed by atoms with Crippen molar-refractivity contribution in [2.75, 3.05) is 6.54 Å². The minimum atomic E-state index is -0.168. The normalized spacial score (nSPS) is 10.6. The van der Waals surface area contributed by atoms with Gasteiger partial charge >= 0.3 is 0 Å². The first-order chi connectivity index (χ1) is 8.69. The lowest BCUT2D eigenvalue weighted by molar-refractivity contribution is 0.0947. The second-order valence-electron chi connectivity index (χ2n) is 3.55. The third-order valence-electron chi connectivity index (χ3n) is 2.19. The monoisotopic (exact) mass is 301 g/mol. The molecule has 4 nitrogen and oxygen atoms in total. The molecule has 2 rings (SSSR count). The summed E-state index contributed by atoms with van der Waals surface area (Å²) in [7, 11) is 0. The van der Waals surface area contributed by atoms with Crippen molar-refractivity contribution < 1.29 is 4.79 Å². The van der Waals surface area contributed by atoms with E-state index in [1.807, 2.05) is 12.1 Å². The molecule has 0 radical (unpaired) electrons. The summed E-state index contributed by atoms with van der Waals surface area (Å²) in [5.74, 6) is -0.168. The van der Waals surface area contributed by atoms with E-state index in [1.54, 1.807) is 5.38 Å². The second-order valence-corrected chi connectivity index (χ2v) is 6.30. The molecule has 0 aliphatic rings. The van der Waals surface area contributed by atoms with Gasteiger partial charge in [-0.3, -0.25) is 4.79 Å². The molecule has 18 heavy (non-hydrogen) atoms. The molecule has 0 aliphatic heterocycles. The fourth-order valence-electron chi connectivity index (χ4n) is 1.36. The SMILES string of the molecule is NCCc1nc(C(=O)NCc2ccc(Cl)s2)cs1. The van der Waals surface area contributed by atoms with Crippen LogP contribution in [0.1, 0.15) is 20.4 Å². The Kier molecular flexibility index (Phi) is 4.71. The number of aromatic nitrogens is 1. The number of nitrogens with zero attached hydrogens (tertiary/aromatic N) is 1. The standard InChI is InChI=1S/C11H12ClN3OS2/c12-9-2-1-7(18-9)5-14-11(16)8-6-17-10(15-8)3-4-13/h1-2,6H,3-5,13H2,(H,14,16). The van der Waals surface area contributed by atoms with E-state index in [4.69, 9.17) is 17.3 Å². The number of halogens is 1. The van der Waals surface area contributed by atoms with Gasteiger partial charge in [-0.2, -0.15) is 0 Å². The number of amides is 1. The van der Waals surface area contributed by atoms with Crippen molar-refractivity contribution in [1.29, 1.82) is 0 Å². The number of nitrogens with one attached hydrogen (secondary N) is 1. The number of nitrogens with two attached hydrogens (primary N) is 1. The Morgan fingerprint density at radius 2 is 2.33 bits per heavy atom. The first-order valence-electron chi connectivity index (χ1n) is 5.36. The molecule has 96 valence electrons. The molecule has 0 saturated heterocycles. The third kappa shape index (κ3) is 3.52. The highest BCUT2D eigenvalue weighted by Gasteiger charge is 2.10. The van der Waals surface area contributed by atoms with E-state index in [0.29, 0.717) is 25.2 Å². The molecule has 7 heteroatoms. The van der Waals surface area contributed by atoms with Crippen LogP contribution in [-0.4, -0.2) is 17.4 Å². The van der Waals surface area contributed by atoms with Crippen LogP contribution in [0.25, 0.3) is 0 Å². The Balaban J connectivity index is 1.90. The van der Waals surface area contributed by atoms with Crippen LogP contribution in [0.15, 0.2) is 17.5 Å². The lowest BCUT2D eigenvalue weighted by atomic mass is 10.4. The lowest BCUT2D eigenvalue weighted by Crippen LogP contribution is -2.22. The summed E-state index contributed by atoms with van der Waals surface area (Å²) in [6, 6.07) is 3.71. The van der Waals surface area contributed by atoms with Gasteiger partial charge in [0.05, 0.1) is 15.9 Å². The van der Waals surface area contributed by atoms with Crippen LogP contribution in [0.3, 0.4) is 0 Å². The fourth-order valence-corrected chi connectivity index (χ4v) is 3.18. The highest BCUT2D eigenvalue weighted by molar-refractivity contribution is 7.16. The van der Waals surface area contributed by atoms with Gasteiger partial charge in [0.25, 0.3) is 5.91 Å². The molecule has 2 aromatic rings. The highest BCUT2D eigenvalue weighted by Crippen LogP contribution is 2.21. The first kappa shape index (κ1) is 13.5. The molecule has 0 spiro atoms. The van der Waals surface area contributed by atoms with E-state index >= 15 is 0 Å². The highest BCUT2D eigenvalue weighted by atomic mass is 35.5. The van der Waals surface area contributed by atoms with Crippen LogP contribution in [0.5, 0.6) is 0 Å². The van der Waals surface area contributed by atoms with E-state index in [1.165, 1.54) is 22.7 Å². The second kappa shape index (κ2) is 6.29. The zero-order valence-corrected chi connectivity index (χ0v) is 11.9. The number of rotatable bonds is 5. The molecule has 0 atom stereocenters. The van der Waals surface area contributed by atoms with E-state index in [-0.39, 0.29) is 5.91 Å². The topological polar surface area (TPSA) is 68.0 Å². The van der Waals surface area contributed by atoms with Crippen LogP contribution in [-0.2, 0) is 13.0 Å². The molecule has 0 aliphatic carbocycles. The predicted octanol–water partition coefficient (Wildman–Crippen LogP) is 2.29. The van der Waals surface area contributed by atoms with Crippen LogP contribution in [0.4, 0.5) is 0 Å². The van der Waals surface area contributed by atoms with Crippen molar-refractivity contribution in [2.45, 2.75) is 13.0 Å². The number of carbonyl (C=O) groups is 1. The average Bonchev–Trinajstić information content (AvgIpc) is 2.96. The molecule has 1 amide bonds.